The van der Waals surface area contributed by atoms with Crippen LogP contribution in [0.5, 0.6) is 0 Å². The number of thiazole rings is 1. The molecule has 0 amide bonds. The van der Waals surface area contributed by atoms with Gasteiger partial charge in [-0.25, -0.2) is 4.98 Å². The highest BCUT2D eigenvalue weighted by Crippen LogP contribution is 2.29. The summed E-state index contributed by atoms with van der Waals surface area (Å²) in [5.41, 5.74) is 0.169. The van der Waals surface area contributed by atoms with Crippen LogP contribution in [0.4, 0.5) is 5.13 Å². The summed E-state index contributed by atoms with van der Waals surface area (Å²) < 4.78 is 0. The average molecular weight is 295 g/mol. The van der Waals surface area contributed by atoms with Crippen molar-refractivity contribution < 1.29 is 0 Å². The molecule has 1 aliphatic heterocycles. The van der Waals surface area contributed by atoms with Gasteiger partial charge in [0.2, 0.25) is 0 Å². The molecule has 1 fully saturated rings. The van der Waals surface area contributed by atoms with Crippen molar-refractivity contribution in [2.45, 2.75) is 65.5 Å². The van der Waals surface area contributed by atoms with Gasteiger partial charge in [-0.05, 0) is 39.5 Å². The summed E-state index contributed by atoms with van der Waals surface area (Å²) in [5, 5.41) is 4.74. The summed E-state index contributed by atoms with van der Waals surface area (Å²) in [7, 11) is 0. The lowest BCUT2D eigenvalue weighted by Crippen LogP contribution is -2.34. The van der Waals surface area contributed by atoms with Crippen LogP contribution < -0.4 is 10.2 Å². The standard InChI is InChI=1S/C16H29N3S/c1-5-6-13-7-9-19(10-8-13)15-17-11-14(20-15)12-18-16(2,3)4/h11,13,18H,5-10,12H2,1-4H3. The molecule has 1 saturated heterocycles. The molecule has 0 radical (unpaired) electrons. The Morgan fingerprint density at radius 3 is 2.65 bits per heavy atom. The van der Waals surface area contributed by atoms with Crippen molar-refractivity contribution in [2.75, 3.05) is 18.0 Å². The second-order valence-electron chi connectivity index (χ2n) is 6.93. The predicted octanol–water partition coefficient (Wildman–Crippen LogP) is 4.05. The lowest BCUT2D eigenvalue weighted by atomic mass is 9.93. The predicted molar refractivity (Wildman–Crippen MR) is 88.6 cm³/mol. The van der Waals surface area contributed by atoms with E-state index in [-0.39, 0.29) is 5.54 Å². The molecule has 1 aromatic heterocycles. The molecule has 1 aliphatic rings. The van der Waals surface area contributed by atoms with E-state index in [0.29, 0.717) is 0 Å². The maximum absolute atomic E-state index is 4.62. The number of anilines is 1. The van der Waals surface area contributed by atoms with Crippen molar-refractivity contribution >= 4 is 16.5 Å². The third-order valence-electron chi connectivity index (χ3n) is 3.92. The maximum Gasteiger partial charge on any atom is 0.185 e. The minimum atomic E-state index is 0.169. The highest BCUT2D eigenvalue weighted by molar-refractivity contribution is 7.15. The third-order valence-corrected chi connectivity index (χ3v) is 4.97. The highest BCUT2D eigenvalue weighted by atomic mass is 32.1. The van der Waals surface area contributed by atoms with E-state index in [1.54, 1.807) is 0 Å². The Bertz CT molecular complexity index is 400. The number of rotatable bonds is 5. The highest BCUT2D eigenvalue weighted by Gasteiger charge is 2.20. The zero-order valence-electron chi connectivity index (χ0n) is 13.4. The Balaban J connectivity index is 1.84. The number of piperidine rings is 1. The Labute approximate surface area is 127 Å². The summed E-state index contributed by atoms with van der Waals surface area (Å²) in [5.74, 6) is 0.943. The van der Waals surface area contributed by atoms with Gasteiger partial charge in [0.1, 0.15) is 0 Å². The van der Waals surface area contributed by atoms with Crippen LogP contribution in [0.1, 0.15) is 58.3 Å². The second kappa shape index (κ2) is 6.90. The minimum absolute atomic E-state index is 0.169. The Morgan fingerprint density at radius 2 is 2.05 bits per heavy atom. The number of aromatic nitrogens is 1. The van der Waals surface area contributed by atoms with E-state index in [4.69, 9.17) is 0 Å². The molecule has 0 saturated carbocycles. The fourth-order valence-electron chi connectivity index (χ4n) is 2.70. The molecule has 114 valence electrons. The van der Waals surface area contributed by atoms with Crippen LogP contribution in [0.3, 0.4) is 0 Å². The average Bonchev–Trinajstić information content (AvgIpc) is 2.86. The monoisotopic (exact) mass is 295 g/mol. The number of hydrogen-bond donors (Lipinski definition) is 1. The zero-order valence-corrected chi connectivity index (χ0v) is 14.2. The first-order valence-corrected chi connectivity index (χ1v) is 8.74. The van der Waals surface area contributed by atoms with Gasteiger partial charge < -0.3 is 10.2 Å². The van der Waals surface area contributed by atoms with Gasteiger partial charge in [0, 0.05) is 36.2 Å². The van der Waals surface area contributed by atoms with E-state index in [9.17, 15) is 0 Å². The van der Waals surface area contributed by atoms with Crippen LogP contribution in [-0.2, 0) is 6.54 Å². The molecule has 0 bridgehead atoms. The number of nitrogens with zero attached hydrogens (tertiary/aromatic N) is 2. The molecule has 0 atom stereocenters. The molecule has 0 aliphatic carbocycles. The van der Waals surface area contributed by atoms with E-state index < -0.39 is 0 Å². The lowest BCUT2D eigenvalue weighted by Gasteiger charge is -2.31. The van der Waals surface area contributed by atoms with Gasteiger partial charge in [-0.3, -0.25) is 0 Å². The third kappa shape index (κ3) is 4.74. The largest absolute Gasteiger partial charge is 0.348 e. The van der Waals surface area contributed by atoms with E-state index in [2.05, 4.69) is 42.9 Å². The fraction of sp³-hybridized carbons (Fsp3) is 0.812. The van der Waals surface area contributed by atoms with Crippen LogP contribution >= 0.6 is 11.3 Å². The molecule has 2 rings (SSSR count). The summed E-state index contributed by atoms with van der Waals surface area (Å²) in [6.45, 7) is 12.2. The van der Waals surface area contributed by atoms with Crippen LogP contribution in [0, 0.1) is 5.92 Å². The summed E-state index contributed by atoms with van der Waals surface area (Å²) in [6.07, 6.45) is 7.43. The second-order valence-corrected chi connectivity index (χ2v) is 8.03. The Morgan fingerprint density at radius 1 is 1.35 bits per heavy atom. The topological polar surface area (TPSA) is 28.2 Å². The van der Waals surface area contributed by atoms with Gasteiger partial charge in [0.25, 0.3) is 0 Å². The summed E-state index contributed by atoms with van der Waals surface area (Å²) in [4.78, 5) is 8.42. The van der Waals surface area contributed by atoms with Gasteiger partial charge in [-0.2, -0.15) is 0 Å². The van der Waals surface area contributed by atoms with Crippen LogP contribution in [-0.4, -0.2) is 23.6 Å². The van der Waals surface area contributed by atoms with Crippen LogP contribution in [0.15, 0.2) is 6.20 Å². The van der Waals surface area contributed by atoms with Crippen molar-refractivity contribution in [3.63, 3.8) is 0 Å². The smallest absolute Gasteiger partial charge is 0.185 e. The first-order chi connectivity index (χ1) is 9.48. The molecular weight excluding hydrogens is 266 g/mol. The fourth-order valence-corrected chi connectivity index (χ4v) is 3.60. The van der Waals surface area contributed by atoms with Crippen LogP contribution in [0.25, 0.3) is 0 Å². The SMILES string of the molecule is CCCC1CCN(c2ncc(CNC(C)(C)C)s2)CC1. The molecule has 1 aromatic rings. The van der Waals surface area contributed by atoms with Gasteiger partial charge in [-0.15, -0.1) is 11.3 Å². The normalized spacial score (nSPS) is 17.7. The van der Waals surface area contributed by atoms with E-state index in [1.165, 1.54) is 48.8 Å². The molecule has 1 N–H and O–H groups in total. The lowest BCUT2D eigenvalue weighted by molar-refractivity contribution is 0.378. The molecule has 3 nitrogen and oxygen atoms in total. The van der Waals surface area contributed by atoms with Crippen LogP contribution in [0.2, 0.25) is 0 Å². The van der Waals surface area contributed by atoms with E-state index in [1.807, 2.05) is 17.5 Å². The molecule has 0 unspecified atom stereocenters. The van der Waals surface area contributed by atoms with E-state index in [0.717, 1.165) is 12.5 Å². The number of nitrogens with one attached hydrogen (secondary N) is 1. The summed E-state index contributed by atoms with van der Waals surface area (Å²) >= 11 is 1.85. The van der Waals surface area contributed by atoms with Crippen molar-refractivity contribution in [3.8, 4) is 0 Å². The molecule has 0 spiro atoms. The zero-order chi connectivity index (χ0) is 14.6. The van der Waals surface area contributed by atoms with Crippen molar-refractivity contribution in [1.29, 1.82) is 0 Å². The maximum atomic E-state index is 4.62. The minimum Gasteiger partial charge on any atom is -0.348 e. The Hall–Kier alpha value is -0.610. The molecule has 0 aromatic carbocycles. The Kier molecular flexibility index (Phi) is 5.44. The molecule has 4 heteroatoms. The van der Waals surface area contributed by atoms with Crippen molar-refractivity contribution in [1.82, 2.24) is 10.3 Å². The van der Waals surface area contributed by atoms with Crippen molar-refractivity contribution in [3.05, 3.63) is 11.1 Å². The van der Waals surface area contributed by atoms with Gasteiger partial charge in [0.05, 0.1) is 0 Å². The molecule has 20 heavy (non-hydrogen) atoms. The van der Waals surface area contributed by atoms with Gasteiger partial charge >= 0.3 is 0 Å². The van der Waals surface area contributed by atoms with Crippen molar-refractivity contribution in [2.24, 2.45) is 5.92 Å². The summed E-state index contributed by atoms with van der Waals surface area (Å²) in [6, 6.07) is 0. The molecule has 2 heterocycles. The first-order valence-electron chi connectivity index (χ1n) is 7.92. The molecular formula is C16H29N3S. The quantitative estimate of drug-likeness (QED) is 0.888. The van der Waals surface area contributed by atoms with Gasteiger partial charge in [0.15, 0.2) is 5.13 Å². The van der Waals surface area contributed by atoms with Gasteiger partial charge in [-0.1, -0.05) is 19.8 Å². The number of hydrogen-bond acceptors (Lipinski definition) is 4. The van der Waals surface area contributed by atoms with E-state index >= 15 is 0 Å². The first kappa shape index (κ1) is 15.8.